The Morgan fingerprint density at radius 3 is 0.732 bits per heavy atom. The third-order valence-electron chi connectivity index (χ3n) is 18.6. The van der Waals surface area contributed by atoms with E-state index in [1.54, 1.807) is 0 Å². The summed E-state index contributed by atoms with van der Waals surface area (Å²) in [7, 11) is -9.90. The first-order chi connectivity index (χ1) is 47.1. The van der Waals surface area contributed by atoms with Crippen molar-refractivity contribution in [2.24, 2.45) is 5.92 Å². The molecule has 3 N–H and O–H groups in total. The number of phosphoric acid groups is 2. The lowest BCUT2D eigenvalue weighted by molar-refractivity contribution is -0.161. The summed E-state index contributed by atoms with van der Waals surface area (Å²) in [5.74, 6) is -1.32. The van der Waals surface area contributed by atoms with Gasteiger partial charge < -0.3 is 33.8 Å². The highest BCUT2D eigenvalue weighted by atomic mass is 31.2. The number of carbonyl (C=O) groups is 4. The Morgan fingerprint density at radius 1 is 0.289 bits per heavy atom. The average Bonchev–Trinajstić information content (AvgIpc) is 3.31. The molecule has 0 spiro atoms. The minimum Gasteiger partial charge on any atom is -0.462 e. The molecule has 0 saturated heterocycles. The fourth-order valence-electron chi connectivity index (χ4n) is 12.0. The monoisotopic (exact) mass is 1420 g/mol. The molecule has 97 heavy (non-hydrogen) atoms. The second-order valence-electron chi connectivity index (χ2n) is 28.3. The van der Waals surface area contributed by atoms with Crippen LogP contribution in [0.3, 0.4) is 0 Å². The van der Waals surface area contributed by atoms with Gasteiger partial charge in [-0.3, -0.25) is 37.3 Å². The van der Waals surface area contributed by atoms with Crippen molar-refractivity contribution < 1.29 is 80.2 Å². The van der Waals surface area contributed by atoms with Gasteiger partial charge in [0, 0.05) is 25.7 Å². The van der Waals surface area contributed by atoms with Crippen LogP contribution in [0, 0.1) is 5.92 Å². The third kappa shape index (κ3) is 70.9. The van der Waals surface area contributed by atoms with Crippen molar-refractivity contribution in [3.05, 3.63) is 0 Å². The van der Waals surface area contributed by atoms with Gasteiger partial charge in [-0.05, 0) is 31.6 Å². The maximum atomic E-state index is 13.1. The molecular weight excluding hydrogens is 1270 g/mol. The number of esters is 4. The van der Waals surface area contributed by atoms with Crippen molar-refractivity contribution in [1.29, 1.82) is 0 Å². The molecular formula is C78H152O17P2. The van der Waals surface area contributed by atoms with E-state index in [2.05, 4.69) is 34.6 Å². The van der Waals surface area contributed by atoms with Gasteiger partial charge in [0.05, 0.1) is 26.4 Å². The summed E-state index contributed by atoms with van der Waals surface area (Å²) in [6.45, 7) is 7.24. The zero-order chi connectivity index (χ0) is 71.2. The summed E-state index contributed by atoms with van der Waals surface area (Å²) < 4.78 is 68.4. The van der Waals surface area contributed by atoms with Crippen LogP contribution in [0.5, 0.6) is 0 Å². The Balaban J connectivity index is 5.12. The van der Waals surface area contributed by atoms with Crippen LogP contribution >= 0.6 is 15.6 Å². The van der Waals surface area contributed by atoms with E-state index in [-0.39, 0.29) is 25.7 Å². The van der Waals surface area contributed by atoms with Crippen LogP contribution in [0.1, 0.15) is 413 Å². The summed E-state index contributed by atoms with van der Waals surface area (Å²) in [5.41, 5.74) is 0. The molecule has 0 aliphatic carbocycles. The minimum absolute atomic E-state index is 0.106. The SMILES string of the molecule is CCCCCCCCCCCCCCCCCCCCCCCC(=O)O[C@H](COC(=O)CCCCCCCCCCCCCCCCCCC)COP(=O)(O)OC[C@@H](O)COP(=O)(O)OC[C@@H](COC(=O)CCCCCCC)OC(=O)CCCCCCCCCCCCC(C)CC. The minimum atomic E-state index is -4.96. The molecule has 0 radical (unpaired) electrons. The molecule has 17 nitrogen and oxygen atoms in total. The van der Waals surface area contributed by atoms with Crippen molar-refractivity contribution in [3.8, 4) is 0 Å². The Bertz CT molecular complexity index is 1860. The largest absolute Gasteiger partial charge is 0.472 e. The van der Waals surface area contributed by atoms with Crippen molar-refractivity contribution >= 4 is 39.5 Å². The topological polar surface area (TPSA) is 237 Å². The number of aliphatic hydroxyl groups is 1. The quantitative estimate of drug-likeness (QED) is 0.0222. The zero-order valence-electron chi connectivity index (χ0n) is 63.2. The van der Waals surface area contributed by atoms with E-state index in [0.717, 1.165) is 102 Å². The van der Waals surface area contributed by atoms with Gasteiger partial charge in [-0.1, -0.05) is 362 Å². The van der Waals surface area contributed by atoms with Gasteiger partial charge in [0.25, 0.3) is 0 Å². The normalized spacial score (nSPS) is 14.2. The van der Waals surface area contributed by atoms with Crippen LogP contribution in [-0.4, -0.2) is 96.7 Å². The van der Waals surface area contributed by atoms with E-state index >= 15 is 0 Å². The second kappa shape index (κ2) is 71.1. The molecule has 0 aliphatic heterocycles. The predicted molar refractivity (Wildman–Crippen MR) is 395 cm³/mol. The summed E-state index contributed by atoms with van der Waals surface area (Å²) in [4.78, 5) is 72.6. The van der Waals surface area contributed by atoms with Crippen LogP contribution in [0.15, 0.2) is 0 Å². The van der Waals surface area contributed by atoms with E-state index in [1.165, 1.54) is 231 Å². The highest BCUT2D eigenvalue weighted by Gasteiger charge is 2.30. The van der Waals surface area contributed by atoms with Gasteiger partial charge in [0.1, 0.15) is 19.3 Å². The van der Waals surface area contributed by atoms with Gasteiger partial charge in [0.15, 0.2) is 12.2 Å². The fourth-order valence-corrected chi connectivity index (χ4v) is 13.6. The first-order valence-corrected chi connectivity index (χ1v) is 43.7. The van der Waals surface area contributed by atoms with Crippen molar-refractivity contribution in [1.82, 2.24) is 0 Å². The molecule has 3 unspecified atom stereocenters. The maximum absolute atomic E-state index is 13.1. The molecule has 0 bridgehead atoms. The summed E-state index contributed by atoms with van der Waals surface area (Å²) >= 11 is 0. The number of hydrogen-bond acceptors (Lipinski definition) is 15. The van der Waals surface area contributed by atoms with Crippen LogP contribution < -0.4 is 0 Å². The zero-order valence-corrected chi connectivity index (χ0v) is 65.0. The van der Waals surface area contributed by atoms with E-state index in [0.29, 0.717) is 25.7 Å². The summed E-state index contributed by atoms with van der Waals surface area (Å²) in [5, 5.41) is 10.6. The van der Waals surface area contributed by atoms with Crippen molar-refractivity contribution in [2.45, 2.75) is 432 Å². The van der Waals surface area contributed by atoms with Gasteiger partial charge in [-0.25, -0.2) is 9.13 Å². The molecule has 0 fully saturated rings. The molecule has 19 heteroatoms. The van der Waals surface area contributed by atoms with Crippen LogP contribution in [0.2, 0.25) is 0 Å². The molecule has 0 aromatic carbocycles. The number of ether oxygens (including phenoxy) is 4. The molecule has 0 saturated carbocycles. The Kier molecular flexibility index (Phi) is 69.6. The van der Waals surface area contributed by atoms with Crippen LogP contribution in [-0.2, 0) is 65.4 Å². The molecule has 0 aliphatic rings. The Labute approximate surface area is 594 Å². The Hall–Kier alpha value is -1.94. The fraction of sp³-hybridized carbons (Fsp3) is 0.949. The lowest BCUT2D eigenvalue weighted by Gasteiger charge is -2.21. The number of carbonyl (C=O) groups excluding carboxylic acids is 4. The van der Waals surface area contributed by atoms with Gasteiger partial charge in [0.2, 0.25) is 0 Å². The lowest BCUT2D eigenvalue weighted by Crippen LogP contribution is -2.30. The number of hydrogen-bond donors (Lipinski definition) is 3. The highest BCUT2D eigenvalue weighted by molar-refractivity contribution is 7.47. The maximum Gasteiger partial charge on any atom is 0.472 e. The first kappa shape index (κ1) is 95.1. The smallest absolute Gasteiger partial charge is 0.462 e. The van der Waals surface area contributed by atoms with E-state index in [1.807, 2.05) is 0 Å². The number of aliphatic hydroxyl groups excluding tert-OH is 1. The molecule has 0 aromatic rings. The lowest BCUT2D eigenvalue weighted by atomic mass is 9.99. The summed E-state index contributed by atoms with van der Waals surface area (Å²) in [6.07, 6.45) is 61.5. The molecule has 576 valence electrons. The van der Waals surface area contributed by atoms with E-state index in [9.17, 15) is 43.2 Å². The second-order valence-corrected chi connectivity index (χ2v) is 31.3. The molecule has 0 aromatic heterocycles. The average molecular weight is 1420 g/mol. The molecule has 0 rings (SSSR count). The molecule has 0 heterocycles. The number of rotatable bonds is 78. The molecule has 6 atom stereocenters. The van der Waals surface area contributed by atoms with Gasteiger partial charge >= 0.3 is 39.5 Å². The highest BCUT2D eigenvalue weighted by Crippen LogP contribution is 2.45. The predicted octanol–water partition coefficient (Wildman–Crippen LogP) is 23.3. The van der Waals surface area contributed by atoms with E-state index in [4.69, 9.17) is 37.0 Å². The summed E-state index contributed by atoms with van der Waals surface area (Å²) in [6, 6.07) is 0. The Morgan fingerprint density at radius 2 is 0.495 bits per heavy atom. The van der Waals surface area contributed by atoms with Gasteiger partial charge in [-0.15, -0.1) is 0 Å². The van der Waals surface area contributed by atoms with Crippen LogP contribution in [0.25, 0.3) is 0 Å². The van der Waals surface area contributed by atoms with Crippen molar-refractivity contribution in [3.63, 3.8) is 0 Å². The van der Waals surface area contributed by atoms with Crippen molar-refractivity contribution in [2.75, 3.05) is 39.6 Å². The van der Waals surface area contributed by atoms with E-state index < -0.39 is 97.5 Å². The van der Waals surface area contributed by atoms with Gasteiger partial charge in [-0.2, -0.15) is 0 Å². The number of phosphoric ester groups is 2. The molecule has 0 amide bonds. The standard InChI is InChI=1S/C78H152O17P2/c1-6-10-13-16-18-20-22-24-26-28-29-30-31-33-35-37-39-44-48-53-58-63-78(83)95-74(68-89-76(81)62-57-52-47-43-38-36-34-32-27-25-23-21-19-17-14-11-7-2)70-93-97(86,87)91-66-72(79)65-90-96(84,85)92-69-73(67-88-75(80)61-56-50-15-12-8-3)94-77(82)64-59-54-49-45-41-40-42-46-51-55-60-71(5)9-4/h71-74,79H,6-70H2,1-5H3,(H,84,85)(H,86,87)/t71?,72-,73+,74+/m0/s1. The first-order valence-electron chi connectivity index (χ1n) is 40.7. The third-order valence-corrected chi connectivity index (χ3v) is 20.5. The van der Waals surface area contributed by atoms with Crippen LogP contribution in [0.4, 0.5) is 0 Å². The number of unbranched alkanes of at least 4 members (excludes halogenated alkanes) is 49.